The topological polar surface area (TPSA) is 84.9 Å². The van der Waals surface area contributed by atoms with Gasteiger partial charge in [-0.15, -0.1) is 10.2 Å². The summed E-state index contributed by atoms with van der Waals surface area (Å²) in [7, 11) is 0. The molecule has 1 saturated heterocycles. The summed E-state index contributed by atoms with van der Waals surface area (Å²) in [5, 5.41) is 11.3. The Labute approximate surface area is 157 Å². The van der Waals surface area contributed by atoms with Crippen LogP contribution < -0.4 is 5.32 Å². The first-order chi connectivity index (χ1) is 13.3. The minimum absolute atomic E-state index is 0.113. The van der Waals surface area contributed by atoms with Crippen molar-refractivity contribution < 1.29 is 13.9 Å². The maximum atomic E-state index is 12.3. The van der Waals surface area contributed by atoms with Crippen LogP contribution in [0.15, 0.2) is 41.1 Å². The van der Waals surface area contributed by atoms with Crippen LogP contribution in [-0.2, 0) is 17.7 Å². The van der Waals surface area contributed by atoms with Gasteiger partial charge in [0.25, 0.3) is 5.91 Å². The SMILES string of the molecule is O=C(NCCCc1nnc2ccccn12)c1coc(CN2CCOCC2)c1. The fourth-order valence-electron chi connectivity index (χ4n) is 3.17. The van der Waals surface area contributed by atoms with Crippen LogP contribution in [-0.4, -0.2) is 58.3 Å². The van der Waals surface area contributed by atoms with Gasteiger partial charge in [0.1, 0.15) is 17.8 Å². The zero-order valence-corrected chi connectivity index (χ0v) is 15.1. The number of furan rings is 1. The lowest BCUT2D eigenvalue weighted by molar-refractivity contribution is 0.0313. The highest BCUT2D eigenvalue weighted by molar-refractivity contribution is 5.93. The molecule has 3 aromatic heterocycles. The number of carbonyl (C=O) groups excluding carboxylic acids is 1. The van der Waals surface area contributed by atoms with E-state index in [1.165, 1.54) is 6.26 Å². The van der Waals surface area contributed by atoms with Crippen LogP contribution in [0.5, 0.6) is 0 Å². The van der Waals surface area contributed by atoms with Gasteiger partial charge in [0.05, 0.1) is 25.3 Å². The van der Waals surface area contributed by atoms with Crippen molar-refractivity contribution in [3.8, 4) is 0 Å². The fourth-order valence-corrected chi connectivity index (χ4v) is 3.17. The van der Waals surface area contributed by atoms with Crippen LogP contribution in [0.3, 0.4) is 0 Å². The van der Waals surface area contributed by atoms with Gasteiger partial charge in [-0.05, 0) is 24.6 Å². The molecule has 1 aliphatic heterocycles. The highest BCUT2D eigenvalue weighted by Crippen LogP contribution is 2.12. The molecule has 0 radical (unpaired) electrons. The number of ether oxygens (including phenoxy) is 1. The Kier molecular flexibility index (Phi) is 5.45. The third-order valence-corrected chi connectivity index (χ3v) is 4.65. The van der Waals surface area contributed by atoms with Crippen LogP contribution in [0.4, 0.5) is 0 Å². The minimum Gasteiger partial charge on any atom is -0.467 e. The Bertz CT molecular complexity index is 898. The van der Waals surface area contributed by atoms with E-state index in [1.54, 1.807) is 0 Å². The van der Waals surface area contributed by atoms with Gasteiger partial charge in [-0.3, -0.25) is 14.1 Å². The molecule has 1 amide bonds. The maximum Gasteiger partial charge on any atom is 0.254 e. The van der Waals surface area contributed by atoms with Gasteiger partial charge in [0.2, 0.25) is 0 Å². The van der Waals surface area contributed by atoms with Gasteiger partial charge >= 0.3 is 0 Å². The Morgan fingerprint density at radius 2 is 2.11 bits per heavy atom. The van der Waals surface area contributed by atoms with Gasteiger partial charge in [-0.1, -0.05) is 6.07 Å². The molecule has 0 saturated carbocycles. The first kappa shape index (κ1) is 17.7. The molecule has 0 unspecified atom stereocenters. The number of aromatic nitrogens is 3. The van der Waals surface area contributed by atoms with E-state index in [0.29, 0.717) is 18.7 Å². The van der Waals surface area contributed by atoms with Crippen molar-refractivity contribution >= 4 is 11.6 Å². The molecule has 8 nitrogen and oxygen atoms in total. The van der Waals surface area contributed by atoms with Crippen LogP contribution in [0.2, 0.25) is 0 Å². The summed E-state index contributed by atoms with van der Waals surface area (Å²) in [6, 6.07) is 7.63. The Hall–Kier alpha value is -2.71. The highest BCUT2D eigenvalue weighted by atomic mass is 16.5. The van der Waals surface area contributed by atoms with Crippen LogP contribution in [0, 0.1) is 0 Å². The summed E-state index contributed by atoms with van der Waals surface area (Å²) >= 11 is 0. The lowest BCUT2D eigenvalue weighted by Gasteiger charge is -2.25. The fraction of sp³-hybridized carbons (Fsp3) is 0.421. The second-order valence-electron chi connectivity index (χ2n) is 6.59. The number of nitrogens with one attached hydrogen (secondary N) is 1. The van der Waals surface area contributed by atoms with Gasteiger partial charge < -0.3 is 14.5 Å². The van der Waals surface area contributed by atoms with E-state index in [9.17, 15) is 4.79 Å². The monoisotopic (exact) mass is 369 g/mol. The molecule has 3 aromatic rings. The van der Waals surface area contributed by atoms with E-state index in [1.807, 2.05) is 34.9 Å². The van der Waals surface area contributed by atoms with Gasteiger partial charge in [-0.25, -0.2) is 0 Å². The molecule has 4 rings (SSSR count). The zero-order chi connectivity index (χ0) is 18.5. The van der Waals surface area contributed by atoms with Gasteiger partial charge in [0, 0.05) is 32.3 Å². The number of amides is 1. The van der Waals surface area contributed by atoms with Crippen LogP contribution >= 0.6 is 0 Å². The molecule has 0 bridgehead atoms. The van der Waals surface area contributed by atoms with E-state index >= 15 is 0 Å². The molecule has 4 heterocycles. The first-order valence-electron chi connectivity index (χ1n) is 9.24. The molecule has 1 aliphatic rings. The number of morpholine rings is 1. The molecule has 27 heavy (non-hydrogen) atoms. The predicted octanol–water partition coefficient (Wildman–Crippen LogP) is 1.52. The number of rotatable bonds is 7. The summed E-state index contributed by atoms with van der Waals surface area (Å²) in [5.41, 5.74) is 1.40. The molecule has 0 aliphatic carbocycles. The normalized spacial score (nSPS) is 15.3. The third-order valence-electron chi connectivity index (χ3n) is 4.65. The number of carbonyl (C=O) groups is 1. The number of fused-ring (bicyclic) bond motifs is 1. The van der Waals surface area contributed by atoms with Crippen molar-refractivity contribution in [2.24, 2.45) is 0 Å². The third kappa shape index (κ3) is 4.35. The van der Waals surface area contributed by atoms with Crippen molar-refractivity contribution in [1.29, 1.82) is 0 Å². The molecule has 142 valence electrons. The second-order valence-corrected chi connectivity index (χ2v) is 6.59. The Balaban J connectivity index is 1.23. The number of hydrogen-bond acceptors (Lipinski definition) is 6. The van der Waals surface area contributed by atoms with E-state index in [0.717, 1.165) is 56.4 Å². The standard InChI is InChI=1S/C19H23N5O3/c25-19(15-12-16(27-14-15)13-23-8-10-26-11-9-23)20-6-3-5-18-22-21-17-4-1-2-7-24(17)18/h1-2,4,7,12,14H,3,5-6,8-11,13H2,(H,20,25). The van der Waals surface area contributed by atoms with Gasteiger partial charge in [0.15, 0.2) is 5.65 Å². The molecule has 8 heteroatoms. The largest absolute Gasteiger partial charge is 0.467 e. The summed E-state index contributed by atoms with van der Waals surface area (Å²) in [5.74, 6) is 1.59. The minimum atomic E-state index is -0.113. The lowest BCUT2D eigenvalue weighted by Crippen LogP contribution is -2.35. The van der Waals surface area contributed by atoms with Crippen molar-refractivity contribution in [3.05, 3.63) is 53.9 Å². The van der Waals surface area contributed by atoms with Crippen LogP contribution in [0.25, 0.3) is 5.65 Å². The molecular weight excluding hydrogens is 346 g/mol. The van der Waals surface area contributed by atoms with Crippen molar-refractivity contribution in [2.45, 2.75) is 19.4 Å². The summed E-state index contributed by atoms with van der Waals surface area (Å²) < 4.78 is 12.8. The molecule has 0 aromatic carbocycles. The Morgan fingerprint density at radius 1 is 1.22 bits per heavy atom. The number of aryl methyl sites for hydroxylation is 1. The maximum absolute atomic E-state index is 12.3. The summed E-state index contributed by atoms with van der Waals surface area (Å²) in [6.45, 7) is 4.55. The second kappa shape index (κ2) is 8.32. The first-order valence-corrected chi connectivity index (χ1v) is 9.24. The van der Waals surface area contributed by atoms with Crippen molar-refractivity contribution in [3.63, 3.8) is 0 Å². The van der Waals surface area contributed by atoms with E-state index in [4.69, 9.17) is 9.15 Å². The van der Waals surface area contributed by atoms with E-state index < -0.39 is 0 Å². The number of hydrogen-bond donors (Lipinski definition) is 1. The summed E-state index contributed by atoms with van der Waals surface area (Å²) in [4.78, 5) is 14.5. The van der Waals surface area contributed by atoms with Crippen molar-refractivity contribution in [2.75, 3.05) is 32.8 Å². The molecule has 0 atom stereocenters. The molecule has 1 N–H and O–H groups in total. The lowest BCUT2D eigenvalue weighted by atomic mass is 10.2. The molecular formula is C19H23N5O3. The van der Waals surface area contributed by atoms with Gasteiger partial charge in [-0.2, -0.15) is 0 Å². The predicted molar refractivity (Wildman–Crippen MR) is 98.4 cm³/mol. The zero-order valence-electron chi connectivity index (χ0n) is 15.1. The number of pyridine rings is 1. The average molecular weight is 369 g/mol. The van der Waals surface area contributed by atoms with Crippen LogP contribution in [0.1, 0.15) is 28.4 Å². The van der Waals surface area contributed by atoms with E-state index in [2.05, 4.69) is 20.4 Å². The molecule has 1 fully saturated rings. The van der Waals surface area contributed by atoms with E-state index in [-0.39, 0.29) is 5.91 Å². The quantitative estimate of drug-likeness (QED) is 0.636. The summed E-state index contributed by atoms with van der Waals surface area (Å²) in [6.07, 6.45) is 5.01. The number of nitrogens with zero attached hydrogens (tertiary/aromatic N) is 4. The highest BCUT2D eigenvalue weighted by Gasteiger charge is 2.15. The average Bonchev–Trinajstić information content (AvgIpc) is 3.33. The smallest absolute Gasteiger partial charge is 0.254 e. The Morgan fingerprint density at radius 3 is 3.00 bits per heavy atom. The van der Waals surface area contributed by atoms with Crippen molar-refractivity contribution in [1.82, 2.24) is 24.8 Å². The molecule has 0 spiro atoms.